The zero-order valence-corrected chi connectivity index (χ0v) is 20.7. The standard InChI is InChI=1S/C22H36N4O3.HI/c1-3-23-21(25-14-16-26(17-15-25)22(27)29-4-2)24-13-8-9-18-28-19-12-20-10-6-5-7-11-20;/h5-7,10-11H,3-4,8-9,12-19H2,1-2H3,(H,23,24);1H. The van der Waals surface area contributed by atoms with Crippen LogP contribution in [0.15, 0.2) is 35.3 Å². The monoisotopic (exact) mass is 532 g/mol. The van der Waals surface area contributed by atoms with Crippen LogP contribution in [0.25, 0.3) is 0 Å². The van der Waals surface area contributed by atoms with E-state index in [1.165, 1.54) is 5.56 Å². The van der Waals surface area contributed by atoms with E-state index in [0.29, 0.717) is 19.7 Å². The minimum Gasteiger partial charge on any atom is -0.450 e. The van der Waals surface area contributed by atoms with E-state index in [9.17, 15) is 4.79 Å². The first-order valence-electron chi connectivity index (χ1n) is 10.8. The molecule has 1 aliphatic rings. The van der Waals surface area contributed by atoms with E-state index in [1.807, 2.05) is 13.0 Å². The molecule has 1 aromatic carbocycles. The fourth-order valence-electron chi connectivity index (χ4n) is 3.18. The van der Waals surface area contributed by atoms with Crippen molar-refractivity contribution in [3.63, 3.8) is 0 Å². The summed E-state index contributed by atoms with van der Waals surface area (Å²) in [5.41, 5.74) is 1.32. The maximum Gasteiger partial charge on any atom is 0.409 e. The Morgan fingerprint density at radius 1 is 1.03 bits per heavy atom. The predicted octanol–water partition coefficient (Wildman–Crippen LogP) is 3.38. The molecule has 170 valence electrons. The first-order chi connectivity index (χ1) is 14.2. The molecule has 1 heterocycles. The van der Waals surface area contributed by atoms with Gasteiger partial charge in [-0.05, 0) is 38.7 Å². The van der Waals surface area contributed by atoms with Crippen LogP contribution in [0.5, 0.6) is 0 Å². The highest BCUT2D eigenvalue weighted by atomic mass is 127. The third-order valence-corrected chi connectivity index (χ3v) is 4.78. The molecule has 2 rings (SSSR count). The lowest BCUT2D eigenvalue weighted by atomic mass is 10.2. The number of benzene rings is 1. The van der Waals surface area contributed by atoms with Crippen LogP contribution >= 0.6 is 24.0 Å². The van der Waals surface area contributed by atoms with Crippen LogP contribution in [-0.4, -0.2) is 80.9 Å². The Bertz CT molecular complexity index is 608. The summed E-state index contributed by atoms with van der Waals surface area (Å²) in [6.07, 6.45) is 2.75. The molecule has 1 aromatic rings. The Balaban J connectivity index is 0.00000450. The van der Waals surface area contributed by atoms with Gasteiger partial charge in [0.15, 0.2) is 5.96 Å². The second-order valence-electron chi connectivity index (χ2n) is 6.96. The zero-order chi connectivity index (χ0) is 20.7. The van der Waals surface area contributed by atoms with Crippen LogP contribution in [0, 0.1) is 0 Å². The Kier molecular flexibility index (Phi) is 14.3. The van der Waals surface area contributed by atoms with E-state index >= 15 is 0 Å². The van der Waals surface area contributed by atoms with Gasteiger partial charge in [-0.15, -0.1) is 24.0 Å². The van der Waals surface area contributed by atoms with Gasteiger partial charge in [0.25, 0.3) is 0 Å². The van der Waals surface area contributed by atoms with Gasteiger partial charge in [-0.2, -0.15) is 0 Å². The van der Waals surface area contributed by atoms with Crippen LogP contribution in [0.2, 0.25) is 0 Å². The van der Waals surface area contributed by atoms with E-state index in [1.54, 1.807) is 4.90 Å². The van der Waals surface area contributed by atoms with Gasteiger partial charge in [0.2, 0.25) is 0 Å². The van der Waals surface area contributed by atoms with Crippen molar-refractivity contribution in [2.75, 3.05) is 59.1 Å². The van der Waals surface area contributed by atoms with Crippen molar-refractivity contribution in [1.82, 2.24) is 15.1 Å². The number of rotatable bonds is 10. The molecule has 0 spiro atoms. The maximum absolute atomic E-state index is 11.8. The second kappa shape index (κ2) is 16.2. The predicted molar refractivity (Wildman–Crippen MR) is 132 cm³/mol. The molecular weight excluding hydrogens is 495 g/mol. The summed E-state index contributed by atoms with van der Waals surface area (Å²) in [6, 6.07) is 10.4. The number of halogens is 1. The summed E-state index contributed by atoms with van der Waals surface area (Å²) in [5.74, 6) is 0.931. The minimum absolute atomic E-state index is 0. The Morgan fingerprint density at radius 2 is 1.73 bits per heavy atom. The van der Waals surface area contributed by atoms with Crippen LogP contribution < -0.4 is 5.32 Å². The van der Waals surface area contributed by atoms with E-state index in [-0.39, 0.29) is 30.1 Å². The van der Waals surface area contributed by atoms with E-state index in [4.69, 9.17) is 14.5 Å². The summed E-state index contributed by atoms with van der Waals surface area (Å²) in [6.45, 7) is 10.3. The molecule has 0 aromatic heterocycles. The van der Waals surface area contributed by atoms with Crippen molar-refractivity contribution in [3.8, 4) is 0 Å². The number of aliphatic imine (C=N–C) groups is 1. The number of hydrogen-bond acceptors (Lipinski definition) is 4. The molecule has 0 unspecified atom stereocenters. The first-order valence-corrected chi connectivity index (χ1v) is 10.8. The van der Waals surface area contributed by atoms with Gasteiger partial charge in [0.1, 0.15) is 0 Å². The van der Waals surface area contributed by atoms with Crippen molar-refractivity contribution in [3.05, 3.63) is 35.9 Å². The first kappa shape index (κ1) is 26.5. The molecule has 0 bridgehead atoms. The molecule has 0 atom stereocenters. The minimum atomic E-state index is -0.221. The molecule has 8 heteroatoms. The van der Waals surface area contributed by atoms with Crippen molar-refractivity contribution in [2.24, 2.45) is 4.99 Å². The number of nitrogens with zero attached hydrogens (tertiary/aromatic N) is 3. The summed E-state index contributed by atoms with van der Waals surface area (Å²) < 4.78 is 10.8. The number of carbonyl (C=O) groups is 1. The molecule has 1 aliphatic heterocycles. The number of unbranched alkanes of at least 4 members (excludes halogenated alkanes) is 1. The number of hydrogen-bond donors (Lipinski definition) is 1. The van der Waals surface area contributed by atoms with Crippen molar-refractivity contribution < 1.29 is 14.3 Å². The lowest BCUT2D eigenvalue weighted by Crippen LogP contribution is -2.53. The number of guanidine groups is 1. The normalized spacial score (nSPS) is 14.3. The highest BCUT2D eigenvalue weighted by molar-refractivity contribution is 14.0. The lowest BCUT2D eigenvalue weighted by molar-refractivity contribution is 0.0914. The van der Waals surface area contributed by atoms with Crippen LogP contribution in [0.3, 0.4) is 0 Å². The van der Waals surface area contributed by atoms with Crippen molar-refractivity contribution >= 4 is 36.0 Å². The van der Waals surface area contributed by atoms with Gasteiger partial charge in [0.05, 0.1) is 13.2 Å². The molecule has 1 fully saturated rings. The molecule has 1 N–H and O–H groups in total. The number of amides is 1. The van der Waals surface area contributed by atoms with Gasteiger partial charge in [0, 0.05) is 45.9 Å². The Hall–Kier alpha value is -1.55. The van der Waals surface area contributed by atoms with Gasteiger partial charge < -0.3 is 24.6 Å². The van der Waals surface area contributed by atoms with E-state index in [2.05, 4.69) is 41.4 Å². The average molecular weight is 532 g/mol. The Labute approximate surface area is 198 Å². The molecule has 1 saturated heterocycles. The van der Waals surface area contributed by atoms with E-state index < -0.39 is 0 Å². The molecule has 0 saturated carbocycles. The molecule has 7 nitrogen and oxygen atoms in total. The molecular formula is C22H37IN4O3. The highest BCUT2D eigenvalue weighted by Gasteiger charge is 2.23. The fourth-order valence-corrected chi connectivity index (χ4v) is 3.18. The third-order valence-electron chi connectivity index (χ3n) is 4.78. The summed E-state index contributed by atoms with van der Waals surface area (Å²) in [4.78, 5) is 20.6. The highest BCUT2D eigenvalue weighted by Crippen LogP contribution is 2.05. The van der Waals surface area contributed by atoms with Gasteiger partial charge in [-0.25, -0.2) is 4.79 Å². The molecule has 1 amide bonds. The Morgan fingerprint density at radius 3 is 2.40 bits per heavy atom. The largest absolute Gasteiger partial charge is 0.450 e. The molecule has 30 heavy (non-hydrogen) atoms. The SMILES string of the molecule is CCNC(=NCCCCOCCc1ccccc1)N1CCN(C(=O)OCC)CC1.I. The van der Waals surface area contributed by atoms with Gasteiger partial charge >= 0.3 is 6.09 Å². The lowest BCUT2D eigenvalue weighted by Gasteiger charge is -2.35. The molecule has 0 radical (unpaired) electrons. The summed E-state index contributed by atoms with van der Waals surface area (Å²) >= 11 is 0. The van der Waals surface area contributed by atoms with Crippen LogP contribution in [0.4, 0.5) is 4.79 Å². The quantitative estimate of drug-likeness (QED) is 0.217. The smallest absolute Gasteiger partial charge is 0.409 e. The number of piperazine rings is 1. The number of ether oxygens (including phenoxy) is 2. The summed E-state index contributed by atoms with van der Waals surface area (Å²) in [5, 5.41) is 3.36. The molecule has 0 aliphatic carbocycles. The summed E-state index contributed by atoms with van der Waals surface area (Å²) in [7, 11) is 0. The van der Waals surface area contributed by atoms with Gasteiger partial charge in [-0.3, -0.25) is 4.99 Å². The number of nitrogens with one attached hydrogen (secondary N) is 1. The zero-order valence-electron chi connectivity index (χ0n) is 18.3. The van der Waals surface area contributed by atoms with Crippen LogP contribution in [-0.2, 0) is 15.9 Å². The second-order valence-corrected chi connectivity index (χ2v) is 6.96. The maximum atomic E-state index is 11.8. The van der Waals surface area contributed by atoms with Gasteiger partial charge in [-0.1, -0.05) is 30.3 Å². The van der Waals surface area contributed by atoms with E-state index in [0.717, 1.165) is 64.6 Å². The fraction of sp³-hybridized carbons (Fsp3) is 0.636. The number of carbonyl (C=O) groups excluding carboxylic acids is 1. The average Bonchev–Trinajstić information content (AvgIpc) is 2.76. The van der Waals surface area contributed by atoms with Crippen LogP contribution in [0.1, 0.15) is 32.3 Å². The van der Waals surface area contributed by atoms with Crippen molar-refractivity contribution in [2.45, 2.75) is 33.1 Å². The third kappa shape index (κ3) is 9.97. The topological polar surface area (TPSA) is 66.4 Å². The van der Waals surface area contributed by atoms with Crippen molar-refractivity contribution in [1.29, 1.82) is 0 Å².